The zero-order valence-corrected chi connectivity index (χ0v) is 12.5. The maximum Gasteiger partial charge on any atom is 0.101 e. The van der Waals surface area contributed by atoms with Gasteiger partial charge in [-0.25, -0.2) is 0 Å². The molecule has 0 aromatic carbocycles. The fourth-order valence-corrected chi connectivity index (χ4v) is 2.48. The summed E-state index contributed by atoms with van der Waals surface area (Å²) in [6.45, 7) is 4.35. The molecule has 1 atom stereocenters. The van der Waals surface area contributed by atoms with Crippen LogP contribution < -0.4 is 0 Å². The molecule has 1 aromatic heterocycles. The highest BCUT2D eigenvalue weighted by Crippen LogP contribution is 2.27. The molecule has 1 rings (SSSR count). The summed E-state index contributed by atoms with van der Waals surface area (Å²) in [5, 5.41) is 18.1. The number of hydrogen-bond donors (Lipinski definition) is 0. The Morgan fingerprint density at radius 3 is 2.45 bits per heavy atom. The first kappa shape index (κ1) is 16.2. The first-order valence-corrected chi connectivity index (χ1v) is 7.56. The van der Waals surface area contributed by atoms with Gasteiger partial charge >= 0.3 is 0 Å². The zero-order chi connectivity index (χ0) is 14.8. The standard InChI is InChI=1S/C17H23N3/c1-3-5-6-7-8-9-15(4-2)17-16(12-19)10-14(11-18)13-20-17/h10,13,15H,3-9H2,1-2H3. The van der Waals surface area contributed by atoms with Gasteiger partial charge < -0.3 is 0 Å². The predicted molar refractivity (Wildman–Crippen MR) is 80.1 cm³/mol. The number of pyridine rings is 1. The molecule has 1 unspecified atom stereocenters. The van der Waals surface area contributed by atoms with E-state index in [0.717, 1.165) is 18.5 Å². The third kappa shape index (κ3) is 4.67. The van der Waals surface area contributed by atoms with E-state index in [0.29, 0.717) is 17.0 Å². The Bertz CT molecular complexity index is 494. The molecule has 0 aliphatic heterocycles. The summed E-state index contributed by atoms with van der Waals surface area (Å²) < 4.78 is 0. The Morgan fingerprint density at radius 1 is 1.10 bits per heavy atom. The largest absolute Gasteiger partial charge is 0.258 e. The first-order chi connectivity index (χ1) is 9.76. The van der Waals surface area contributed by atoms with Gasteiger partial charge in [-0.1, -0.05) is 46.0 Å². The van der Waals surface area contributed by atoms with Crippen molar-refractivity contribution in [3.63, 3.8) is 0 Å². The Labute approximate surface area is 122 Å². The normalized spacial score (nSPS) is 11.6. The zero-order valence-electron chi connectivity index (χ0n) is 12.5. The van der Waals surface area contributed by atoms with Gasteiger partial charge in [-0.15, -0.1) is 0 Å². The van der Waals surface area contributed by atoms with Crippen molar-refractivity contribution in [2.24, 2.45) is 0 Å². The summed E-state index contributed by atoms with van der Waals surface area (Å²) in [6, 6.07) is 5.88. The third-order valence-corrected chi connectivity index (χ3v) is 3.70. The van der Waals surface area contributed by atoms with Crippen molar-refractivity contribution in [3.8, 4) is 12.1 Å². The highest BCUT2D eigenvalue weighted by molar-refractivity contribution is 5.41. The molecule has 3 heteroatoms. The molecule has 0 fully saturated rings. The maximum absolute atomic E-state index is 9.22. The minimum atomic E-state index is 0.332. The fraction of sp³-hybridized carbons (Fsp3) is 0.588. The van der Waals surface area contributed by atoms with Crippen LogP contribution in [0.3, 0.4) is 0 Å². The SMILES string of the molecule is CCCCCCCC(CC)c1ncc(C#N)cc1C#N. The monoisotopic (exact) mass is 269 g/mol. The van der Waals surface area contributed by atoms with Gasteiger partial charge in [-0.2, -0.15) is 10.5 Å². The van der Waals surface area contributed by atoms with E-state index in [4.69, 9.17) is 5.26 Å². The molecular formula is C17H23N3. The summed E-state index contributed by atoms with van der Waals surface area (Å²) in [6.07, 6.45) is 9.93. The van der Waals surface area contributed by atoms with Gasteiger partial charge in [0.15, 0.2) is 0 Å². The summed E-state index contributed by atoms with van der Waals surface area (Å²) in [7, 11) is 0. The number of unbranched alkanes of at least 4 members (excludes halogenated alkanes) is 4. The predicted octanol–water partition coefficient (Wildman–Crippen LogP) is 4.68. The van der Waals surface area contributed by atoms with E-state index in [9.17, 15) is 5.26 Å². The lowest BCUT2D eigenvalue weighted by Gasteiger charge is -2.15. The fourth-order valence-electron chi connectivity index (χ4n) is 2.48. The Balaban J connectivity index is 2.70. The number of nitrogens with zero attached hydrogens (tertiary/aromatic N) is 3. The summed E-state index contributed by atoms with van der Waals surface area (Å²) in [5.41, 5.74) is 1.89. The van der Waals surface area contributed by atoms with Gasteiger partial charge in [0.05, 0.1) is 16.8 Å². The lowest BCUT2D eigenvalue weighted by Crippen LogP contribution is -2.04. The number of aromatic nitrogens is 1. The van der Waals surface area contributed by atoms with Gasteiger partial charge in [0.25, 0.3) is 0 Å². The molecule has 106 valence electrons. The number of nitriles is 2. The lowest BCUT2D eigenvalue weighted by atomic mass is 9.91. The smallest absolute Gasteiger partial charge is 0.101 e. The van der Waals surface area contributed by atoms with E-state index < -0.39 is 0 Å². The molecule has 0 N–H and O–H groups in total. The van der Waals surface area contributed by atoms with E-state index in [2.05, 4.69) is 24.9 Å². The van der Waals surface area contributed by atoms with Gasteiger partial charge in [-0.3, -0.25) is 4.98 Å². The van der Waals surface area contributed by atoms with Crippen LogP contribution in [-0.2, 0) is 0 Å². The van der Waals surface area contributed by atoms with Gasteiger partial charge in [0.2, 0.25) is 0 Å². The van der Waals surface area contributed by atoms with Crippen molar-refractivity contribution in [1.29, 1.82) is 10.5 Å². The topological polar surface area (TPSA) is 60.5 Å². The molecule has 0 saturated heterocycles. The summed E-state index contributed by atoms with van der Waals surface area (Å²) in [4.78, 5) is 4.36. The van der Waals surface area contributed by atoms with Gasteiger partial charge in [0, 0.05) is 12.1 Å². The lowest BCUT2D eigenvalue weighted by molar-refractivity contribution is 0.526. The van der Waals surface area contributed by atoms with Crippen LogP contribution in [0.5, 0.6) is 0 Å². The van der Waals surface area contributed by atoms with Crippen molar-refractivity contribution in [2.75, 3.05) is 0 Å². The Kier molecular flexibility index (Phi) is 7.36. The van der Waals surface area contributed by atoms with Gasteiger partial charge in [-0.05, 0) is 18.9 Å². The summed E-state index contributed by atoms with van der Waals surface area (Å²) >= 11 is 0. The van der Waals surface area contributed by atoms with Crippen LogP contribution in [-0.4, -0.2) is 4.98 Å². The van der Waals surface area contributed by atoms with Crippen LogP contribution in [0.2, 0.25) is 0 Å². The van der Waals surface area contributed by atoms with E-state index >= 15 is 0 Å². The molecule has 0 saturated carbocycles. The minimum Gasteiger partial charge on any atom is -0.258 e. The molecule has 0 aliphatic carbocycles. The van der Waals surface area contributed by atoms with E-state index in [1.807, 2.05) is 6.07 Å². The molecule has 20 heavy (non-hydrogen) atoms. The molecule has 0 aliphatic rings. The van der Waals surface area contributed by atoms with Crippen LogP contribution in [0, 0.1) is 22.7 Å². The van der Waals surface area contributed by atoms with Crippen LogP contribution >= 0.6 is 0 Å². The molecule has 0 amide bonds. The van der Waals surface area contributed by atoms with Crippen molar-refractivity contribution in [1.82, 2.24) is 4.98 Å². The highest BCUT2D eigenvalue weighted by atomic mass is 14.7. The van der Waals surface area contributed by atoms with E-state index in [1.165, 1.54) is 32.1 Å². The average molecular weight is 269 g/mol. The third-order valence-electron chi connectivity index (χ3n) is 3.70. The molecule has 1 aromatic rings. The Morgan fingerprint density at radius 2 is 1.85 bits per heavy atom. The van der Waals surface area contributed by atoms with Crippen LogP contribution in [0.1, 0.15) is 81.5 Å². The second-order valence-electron chi connectivity index (χ2n) is 5.19. The number of hydrogen-bond acceptors (Lipinski definition) is 3. The second-order valence-corrected chi connectivity index (χ2v) is 5.19. The van der Waals surface area contributed by atoms with Crippen LogP contribution in [0.15, 0.2) is 12.3 Å². The van der Waals surface area contributed by atoms with E-state index in [1.54, 1.807) is 12.3 Å². The van der Waals surface area contributed by atoms with Gasteiger partial charge in [0.1, 0.15) is 12.1 Å². The molecule has 0 spiro atoms. The number of rotatable bonds is 8. The molecule has 0 radical (unpaired) electrons. The second kappa shape index (κ2) is 9.10. The summed E-state index contributed by atoms with van der Waals surface area (Å²) in [5.74, 6) is 0.332. The molecule has 3 nitrogen and oxygen atoms in total. The minimum absolute atomic E-state index is 0.332. The first-order valence-electron chi connectivity index (χ1n) is 7.56. The van der Waals surface area contributed by atoms with E-state index in [-0.39, 0.29) is 0 Å². The van der Waals surface area contributed by atoms with Crippen LogP contribution in [0.4, 0.5) is 0 Å². The molecule has 1 heterocycles. The quantitative estimate of drug-likeness (QED) is 0.644. The van der Waals surface area contributed by atoms with Crippen molar-refractivity contribution in [3.05, 3.63) is 29.1 Å². The molecule has 0 bridgehead atoms. The average Bonchev–Trinajstić information content (AvgIpc) is 2.50. The Hall–Kier alpha value is -1.87. The van der Waals surface area contributed by atoms with Crippen molar-refractivity contribution < 1.29 is 0 Å². The maximum atomic E-state index is 9.22. The van der Waals surface area contributed by atoms with Crippen molar-refractivity contribution in [2.45, 2.75) is 64.7 Å². The van der Waals surface area contributed by atoms with Crippen molar-refractivity contribution >= 4 is 0 Å². The molecular weight excluding hydrogens is 246 g/mol. The highest BCUT2D eigenvalue weighted by Gasteiger charge is 2.15. The van der Waals surface area contributed by atoms with Crippen LogP contribution in [0.25, 0.3) is 0 Å².